The number of amides is 1. The first-order valence-corrected chi connectivity index (χ1v) is 5.75. The summed E-state index contributed by atoms with van der Waals surface area (Å²) in [5, 5.41) is 2.82. The van der Waals surface area contributed by atoms with Gasteiger partial charge < -0.3 is 11.1 Å². The molecule has 0 saturated heterocycles. The molecule has 0 aliphatic rings. The predicted octanol–water partition coefficient (Wildman–Crippen LogP) is 2.22. The van der Waals surface area contributed by atoms with Crippen molar-refractivity contribution < 1.29 is 4.79 Å². The average molecular weight is 308 g/mol. The molecule has 0 bridgehead atoms. The largest absolute Gasteiger partial charge is 0.351 e. The Morgan fingerprint density at radius 3 is 2.37 bits per heavy atom. The predicted molar refractivity (Wildman–Crippen MR) is 82.7 cm³/mol. The zero-order chi connectivity index (χ0) is 13.1. The van der Waals surface area contributed by atoms with E-state index in [4.69, 9.17) is 5.73 Å². The average Bonchev–Trinajstić information content (AvgIpc) is 2.25. The minimum Gasteiger partial charge on any atom is -0.351 e. The molecular formula is C13H23Cl2N3O. The molecule has 1 aromatic heterocycles. The molecule has 3 N–H and O–H groups in total. The van der Waals surface area contributed by atoms with Crippen LogP contribution in [0.1, 0.15) is 32.0 Å². The molecule has 0 fully saturated rings. The molecule has 0 saturated carbocycles. The highest BCUT2D eigenvalue weighted by atomic mass is 35.5. The van der Waals surface area contributed by atoms with Gasteiger partial charge >= 0.3 is 0 Å². The van der Waals surface area contributed by atoms with Gasteiger partial charge in [-0.25, -0.2) is 0 Å². The lowest BCUT2D eigenvalue weighted by Crippen LogP contribution is -2.48. The van der Waals surface area contributed by atoms with Gasteiger partial charge in [-0.3, -0.25) is 9.78 Å². The molecule has 1 atom stereocenters. The number of halogens is 2. The normalized spacial score (nSPS) is 11.8. The summed E-state index contributed by atoms with van der Waals surface area (Å²) in [7, 11) is 0. The van der Waals surface area contributed by atoms with E-state index in [1.54, 1.807) is 6.20 Å². The van der Waals surface area contributed by atoms with Crippen LogP contribution >= 0.6 is 24.8 Å². The molecule has 1 aromatic rings. The summed E-state index contributed by atoms with van der Waals surface area (Å²) in [5.41, 5.74) is 7.57. The van der Waals surface area contributed by atoms with E-state index in [2.05, 4.69) is 10.3 Å². The maximum Gasteiger partial charge on any atom is 0.237 e. The molecule has 1 rings (SSSR count). The molecule has 0 radical (unpaired) electrons. The van der Waals surface area contributed by atoms with E-state index in [1.165, 1.54) is 0 Å². The van der Waals surface area contributed by atoms with Crippen molar-refractivity contribution in [2.75, 3.05) is 0 Å². The number of aromatic nitrogens is 1. The van der Waals surface area contributed by atoms with Gasteiger partial charge in [-0.15, -0.1) is 24.8 Å². The number of nitrogens with two attached hydrogens (primary N) is 1. The first-order valence-electron chi connectivity index (χ1n) is 5.75. The highest BCUT2D eigenvalue weighted by Crippen LogP contribution is 2.17. The molecule has 6 heteroatoms. The Labute approximate surface area is 127 Å². The summed E-state index contributed by atoms with van der Waals surface area (Å²) >= 11 is 0. The minimum absolute atomic E-state index is 0. The summed E-state index contributed by atoms with van der Waals surface area (Å²) in [6.45, 7) is 8.24. The third kappa shape index (κ3) is 6.76. The molecule has 0 unspecified atom stereocenters. The second kappa shape index (κ2) is 8.35. The van der Waals surface area contributed by atoms with Gasteiger partial charge in [-0.1, -0.05) is 26.8 Å². The fourth-order valence-corrected chi connectivity index (χ4v) is 1.30. The Hall–Kier alpha value is -0.840. The van der Waals surface area contributed by atoms with Crippen molar-refractivity contribution in [3.8, 4) is 0 Å². The van der Waals surface area contributed by atoms with Gasteiger partial charge in [0.05, 0.1) is 6.04 Å². The molecule has 110 valence electrons. The second-order valence-corrected chi connectivity index (χ2v) is 5.37. The number of rotatable bonds is 3. The van der Waals surface area contributed by atoms with E-state index in [0.29, 0.717) is 6.54 Å². The maximum absolute atomic E-state index is 11.8. The molecule has 4 nitrogen and oxygen atoms in total. The number of aryl methyl sites for hydroxylation is 1. The van der Waals surface area contributed by atoms with Crippen LogP contribution in [0.4, 0.5) is 0 Å². The summed E-state index contributed by atoms with van der Waals surface area (Å²) in [6, 6.07) is 3.37. The molecule has 1 heterocycles. The quantitative estimate of drug-likeness (QED) is 0.899. The third-order valence-corrected chi connectivity index (χ3v) is 2.65. The summed E-state index contributed by atoms with van der Waals surface area (Å²) in [6.07, 6.45) is 1.76. The van der Waals surface area contributed by atoms with Crippen LogP contribution in [0.2, 0.25) is 0 Å². The van der Waals surface area contributed by atoms with E-state index >= 15 is 0 Å². The van der Waals surface area contributed by atoms with Crippen molar-refractivity contribution in [3.05, 3.63) is 29.6 Å². The molecule has 19 heavy (non-hydrogen) atoms. The standard InChI is InChI=1S/C13H21N3O.2ClH/c1-9-5-6-10(7-15-9)8-16-12(17)11(14)13(2,3)4;;/h5-7,11H,8,14H2,1-4H3,(H,16,17);2*1H/t11-;;/m1../s1. The van der Waals surface area contributed by atoms with Gasteiger partial charge in [0.25, 0.3) is 0 Å². The van der Waals surface area contributed by atoms with E-state index in [-0.39, 0.29) is 36.1 Å². The lowest BCUT2D eigenvalue weighted by molar-refractivity contribution is -0.124. The van der Waals surface area contributed by atoms with Gasteiger partial charge in [-0.05, 0) is 24.0 Å². The summed E-state index contributed by atoms with van der Waals surface area (Å²) < 4.78 is 0. The Morgan fingerprint density at radius 2 is 1.95 bits per heavy atom. The van der Waals surface area contributed by atoms with Crippen LogP contribution in [0.15, 0.2) is 18.3 Å². The summed E-state index contributed by atoms with van der Waals surface area (Å²) in [4.78, 5) is 15.9. The van der Waals surface area contributed by atoms with E-state index < -0.39 is 6.04 Å². The molecule has 0 aliphatic carbocycles. The molecule has 0 aromatic carbocycles. The van der Waals surface area contributed by atoms with Gasteiger partial charge in [0.2, 0.25) is 5.91 Å². The number of pyridine rings is 1. The van der Waals surface area contributed by atoms with Crippen molar-refractivity contribution >= 4 is 30.7 Å². The summed E-state index contributed by atoms with van der Waals surface area (Å²) in [5.74, 6) is -0.127. The van der Waals surface area contributed by atoms with Crippen LogP contribution in [-0.4, -0.2) is 16.9 Å². The SMILES string of the molecule is Cc1ccc(CNC(=O)[C@@H](N)C(C)(C)C)cn1.Cl.Cl. The van der Waals surface area contributed by atoms with Crippen molar-refractivity contribution in [1.82, 2.24) is 10.3 Å². The van der Waals surface area contributed by atoms with Crippen molar-refractivity contribution in [3.63, 3.8) is 0 Å². The monoisotopic (exact) mass is 307 g/mol. The van der Waals surface area contributed by atoms with Crippen molar-refractivity contribution in [2.24, 2.45) is 11.1 Å². The zero-order valence-electron chi connectivity index (χ0n) is 11.8. The molecular weight excluding hydrogens is 285 g/mol. The van der Waals surface area contributed by atoms with Gasteiger partial charge in [-0.2, -0.15) is 0 Å². The minimum atomic E-state index is -0.499. The number of nitrogens with zero attached hydrogens (tertiary/aromatic N) is 1. The Kier molecular flexibility index (Phi) is 9.00. The number of nitrogens with one attached hydrogen (secondary N) is 1. The first-order chi connectivity index (χ1) is 7.80. The lowest BCUT2D eigenvalue weighted by Gasteiger charge is -2.25. The van der Waals surface area contributed by atoms with Crippen LogP contribution in [0.5, 0.6) is 0 Å². The highest BCUT2D eigenvalue weighted by molar-refractivity contribution is 5.85. The van der Waals surface area contributed by atoms with Gasteiger partial charge in [0.15, 0.2) is 0 Å². The topological polar surface area (TPSA) is 68.0 Å². The van der Waals surface area contributed by atoms with Gasteiger partial charge in [0.1, 0.15) is 0 Å². The Bertz CT molecular complexity index is 388. The molecule has 1 amide bonds. The molecule has 0 aliphatic heterocycles. The third-order valence-electron chi connectivity index (χ3n) is 2.65. The lowest BCUT2D eigenvalue weighted by atomic mass is 9.87. The fourth-order valence-electron chi connectivity index (χ4n) is 1.30. The van der Waals surface area contributed by atoms with Crippen molar-refractivity contribution in [1.29, 1.82) is 0 Å². The van der Waals surface area contributed by atoms with E-state index in [1.807, 2.05) is 39.8 Å². The molecule has 0 spiro atoms. The van der Waals surface area contributed by atoms with Gasteiger partial charge in [0, 0.05) is 18.4 Å². The number of carbonyl (C=O) groups is 1. The Morgan fingerprint density at radius 1 is 1.37 bits per heavy atom. The van der Waals surface area contributed by atoms with Crippen LogP contribution in [0.25, 0.3) is 0 Å². The second-order valence-electron chi connectivity index (χ2n) is 5.37. The van der Waals surface area contributed by atoms with Crippen LogP contribution < -0.4 is 11.1 Å². The first kappa shape index (κ1) is 20.5. The van der Waals surface area contributed by atoms with Crippen molar-refractivity contribution in [2.45, 2.75) is 40.3 Å². The highest BCUT2D eigenvalue weighted by Gasteiger charge is 2.26. The van der Waals surface area contributed by atoms with E-state index in [0.717, 1.165) is 11.3 Å². The maximum atomic E-state index is 11.8. The van der Waals surface area contributed by atoms with Crippen LogP contribution in [0, 0.1) is 12.3 Å². The number of hydrogen-bond donors (Lipinski definition) is 2. The van der Waals surface area contributed by atoms with E-state index in [9.17, 15) is 4.79 Å². The zero-order valence-corrected chi connectivity index (χ0v) is 13.4. The number of hydrogen-bond acceptors (Lipinski definition) is 3. The van der Waals surface area contributed by atoms with Crippen LogP contribution in [-0.2, 0) is 11.3 Å². The number of carbonyl (C=O) groups excluding carboxylic acids is 1. The smallest absolute Gasteiger partial charge is 0.237 e. The Balaban J connectivity index is 0. The van der Waals surface area contributed by atoms with Crippen LogP contribution in [0.3, 0.4) is 0 Å². The fraction of sp³-hybridized carbons (Fsp3) is 0.538.